The van der Waals surface area contributed by atoms with Crippen LogP contribution in [-0.4, -0.2) is 19.0 Å². The second-order valence-corrected chi connectivity index (χ2v) is 6.00. The van der Waals surface area contributed by atoms with E-state index in [0.29, 0.717) is 5.56 Å². The number of carbonyl (C=O) groups is 1. The molecule has 0 saturated heterocycles. The van der Waals surface area contributed by atoms with Gasteiger partial charge in [0.2, 0.25) is 5.90 Å². The van der Waals surface area contributed by atoms with Gasteiger partial charge in [0.15, 0.2) is 5.70 Å². The van der Waals surface area contributed by atoms with Gasteiger partial charge in [-0.2, -0.15) is 0 Å². The number of hydrogen-bond donors (Lipinski definition) is 0. The molecule has 3 rings (SSSR count). The fourth-order valence-electron chi connectivity index (χ4n) is 2.58. The number of hydrogen-bond acceptors (Lipinski definition) is 4. The first-order chi connectivity index (χ1) is 12.0. The van der Waals surface area contributed by atoms with Crippen molar-refractivity contribution in [1.82, 2.24) is 0 Å². The van der Waals surface area contributed by atoms with Crippen molar-refractivity contribution in [3.05, 3.63) is 70.7 Å². The van der Waals surface area contributed by atoms with Crippen molar-refractivity contribution in [2.45, 2.75) is 19.8 Å². The summed E-state index contributed by atoms with van der Waals surface area (Å²) in [6.45, 7) is 4.15. The molecule has 2 aromatic carbocycles. The molecular formula is C20H18FNO3. The van der Waals surface area contributed by atoms with Crippen LogP contribution >= 0.6 is 0 Å². The number of esters is 1. The third-order valence-electron chi connectivity index (χ3n) is 3.89. The topological polar surface area (TPSA) is 47.9 Å². The van der Waals surface area contributed by atoms with E-state index in [0.717, 1.165) is 16.9 Å². The van der Waals surface area contributed by atoms with Crippen molar-refractivity contribution in [3.8, 4) is 5.75 Å². The molecule has 0 unspecified atom stereocenters. The van der Waals surface area contributed by atoms with E-state index in [1.165, 1.54) is 24.3 Å². The Morgan fingerprint density at radius 1 is 1.16 bits per heavy atom. The molecule has 128 valence electrons. The van der Waals surface area contributed by atoms with Crippen LogP contribution in [0.15, 0.2) is 53.2 Å². The van der Waals surface area contributed by atoms with Crippen molar-refractivity contribution in [3.63, 3.8) is 0 Å². The summed E-state index contributed by atoms with van der Waals surface area (Å²) in [6, 6.07) is 11.3. The smallest absolute Gasteiger partial charge is 0.363 e. The molecule has 0 spiro atoms. The van der Waals surface area contributed by atoms with Gasteiger partial charge in [-0.25, -0.2) is 14.2 Å². The number of benzene rings is 2. The minimum Gasteiger partial charge on any atom is -0.496 e. The summed E-state index contributed by atoms with van der Waals surface area (Å²) >= 11 is 0. The first kappa shape index (κ1) is 16.9. The molecule has 4 nitrogen and oxygen atoms in total. The van der Waals surface area contributed by atoms with Gasteiger partial charge in [-0.05, 0) is 59.5 Å². The van der Waals surface area contributed by atoms with E-state index >= 15 is 0 Å². The summed E-state index contributed by atoms with van der Waals surface area (Å²) in [4.78, 5) is 16.3. The van der Waals surface area contributed by atoms with Gasteiger partial charge in [-0.3, -0.25) is 0 Å². The van der Waals surface area contributed by atoms with Crippen LogP contribution in [0.4, 0.5) is 4.39 Å². The summed E-state index contributed by atoms with van der Waals surface area (Å²) in [5.41, 5.74) is 2.64. The second kappa shape index (κ2) is 6.89. The standard InChI is InChI=1S/C20H18FNO3/c1-12(2)16-10-13(4-9-18(16)24-3)11-17-20(23)25-19(22-17)14-5-7-15(21)8-6-14/h4-12H,1-3H3/b17-11+. The number of carbonyl (C=O) groups excluding carboxylic acids is 1. The normalized spacial score (nSPS) is 15.5. The van der Waals surface area contributed by atoms with Crippen molar-refractivity contribution in [2.75, 3.05) is 7.11 Å². The van der Waals surface area contributed by atoms with Gasteiger partial charge >= 0.3 is 5.97 Å². The van der Waals surface area contributed by atoms with Gasteiger partial charge in [0.1, 0.15) is 11.6 Å². The summed E-state index contributed by atoms with van der Waals surface area (Å²) in [5, 5.41) is 0. The maximum absolute atomic E-state index is 13.0. The highest BCUT2D eigenvalue weighted by Crippen LogP contribution is 2.29. The minimum absolute atomic E-state index is 0.175. The molecule has 0 radical (unpaired) electrons. The summed E-state index contributed by atoms with van der Waals surface area (Å²) in [7, 11) is 1.63. The van der Waals surface area contributed by atoms with Crippen LogP contribution in [0.1, 0.15) is 36.5 Å². The molecule has 0 atom stereocenters. The van der Waals surface area contributed by atoms with E-state index in [1.807, 2.05) is 18.2 Å². The maximum Gasteiger partial charge on any atom is 0.363 e. The molecule has 1 aliphatic rings. The van der Waals surface area contributed by atoms with Gasteiger partial charge in [0.25, 0.3) is 0 Å². The Kier molecular flexibility index (Phi) is 4.65. The Morgan fingerprint density at radius 3 is 2.52 bits per heavy atom. The molecule has 0 aliphatic carbocycles. The van der Waals surface area contributed by atoms with Crippen LogP contribution in [0, 0.1) is 5.82 Å². The minimum atomic E-state index is -0.527. The first-order valence-electron chi connectivity index (χ1n) is 7.94. The lowest BCUT2D eigenvalue weighted by atomic mass is 9.99. The number of nitrogens with zero attached hydrogens (tertiary/aromatic N) is 1. The molecule has 2 aromatic rings. The monoisotopic (exact) mass is 339 g/mol. The van der Waals surface area contributed by atoms with Crippen LogP contribution in [0.5, 0.6) is 5.75 Å². The lowest BCUT2D eigenvalue weighted by Crippen LogP contribution is -2.05. The van der Waals surface area contributed by atoms with Crippen LogP contribution in [0.3, 0.4) is 0 Å². The largest absolute Gasteiger partial charge is 0.496 e. The zero-order chi connectivity index (χ0) is 18.0. The Labute approximate surface area is 145 Å². The zero-order valence-corrected chi connectivity index (χ0v) is 14.2. The summed E-state index contributed by atoms with van der Waals surface area (Å²) < 4.78 is 23.6. The van der Waals surface area contributed by atoms with E-state index in [4.69, 9.17) is 9.47 Å². The Balaban J connectivity index is 1.94. The van der Waals surface area contributed by atoms with E-state index < -0.39 is 5.97 Å². The molecule has 0 saturated carbocycles. The fourth-order valence-corrected chi connectivity index (χ4v) is 2.58. The van der Waals surface area contributed by atoms with Crippen molar-refractivity contribution in [1.29, 1.82) is 0 Å². The van der Waals surface area contributed by atoms with Crippen LogP contribution < -0.4 is 4.74 Å². The summed E-state index contributed by atoms with van der Waals surface area (Å²) in [5.74, 6) is 0.378. The molecule has 0 amide bonds. The van der Waals surface area contributed by atoms with Gasteiger partial charge < -0.3 is 9.47 Å². The van der Waals surface area contributed by atoms with Crippen molar-refractivity contribution < 1.29 is 18.7 Å². The Morgan fingerprint density at radius 2 is 1.88 bits per heavy atom. The highest BCUT2D eigenvalue weighted by atomic mass is 19.1. The SMILES string of the molecule is COc1ccc(/C=C2/N=C(c3ccc(F)cc3)OC2=O)cc1C(C)C. The van der Waals surface area contributed by atoms with Crippen LogP contribution in [-0.2, 0) is 9.53 Å². The lowest BCUT2D eigenvalue weighted by Gasteiger charge is -2.12. The lowest BCUT2D eigenvalue weighted by molar-refractivity contribution is -0.129. The molecule has 5 heteroatoms. The average molecular weight is 339 g/mol. The van der Waals surface area contributed by atoms with Crippen molar-refractivity contribution >= 4 is 17.9 Å². The van der Waals surface area contributed by atoms with E-state index in [2.05, 4.69) is 18.8 Å². The van der Waals surface area contributed by atoms with Gasteiger partial charge in [0, 0.05) is 5.56 Å². The molecular weight excluding hydrogens is 321 g/mol. The number of halogens is 1. The number of cyclic esters (lactones) is 1. The van der Waals surface area contributed by atoms with Crippen LogP contribution in [0.25, 0.3) is 6.08 Å². The van der Waals surface area contributed by atoms with E-state index in [9.17, 15) is 9.18 Å². The quantitative estimate of drug-likeness (QED) is 0.616. The number of ether oxygens (including phenoxy) is 2. The third-order valence-corrected chi connectivity index (χ3v) is 3.89. The van der Waals surface area contributed by atoms with Crippen LogP contribution in [0.2, 0.25) is 0 Å². The number of methoxy groups -OCH3 is 1. The Hall–Kier alpha value is -2.95. The van der Waals surface area contributed by atoms with E-state index in [-0.39, 0.29) is 23.3 Å². The highest BCUT2D eigenvalue weighted by Gasteiger charge is 2.24. The molecule has 0 bridgehead atoms. The molecule has 0 aromatic heterocycles. The number of aliphatic imine (C=N–C) groups is 1. The fraction of sp³-hybridized carbons (Fsp3) is 0.200. The molecule has 1 aliphatic heterocycles. The van der Waals surface area contributed by atoms with Crippen molar-refractivity contribution in [2.24, 2.45) is 4.99 Å². The molecule has 25 heavy (non-hydrogen) atoms. The molecule has 0 N–H and O–H groups in total. The highest BCUT2D eigenvalue weighted by molar-refractivity contribution is 6.12. The maximum atomic E-state index is 13.0. The first-order valence-corrected chi connectivity index (χ1v) is 7.94. The van der Waals surface area contributed by atoms with Gasteiger partial charge in [0.05, 0.1) is 7.11 Å². The predicted octanol–water partition coefficient (Wildman–Crippen LogP) is 4.30. The van der Waals surface area contributed by atoms with E-state index in [1.54, 1.807) is 13.2 Å². The Bertz CT molecular complexity index is 867. The zero-order valence-electron chi connectivity index (χ0n) is 14.2. The van der Waals surface area contributed by atoms with Gasteiger partial charge in [-0.1, -0.05) is 19.9 Å². The average Bonchev–Trinajstić information content (AvgIpc) is 2.96. The molecule has 0 fully saturated rings. The number of rotatable bonds is 4. The van der Waals surface area contributed by atoms with Gasteiger partial charge in [-0.15, -0.1) is 0 Å². The molecule has 1 heterocycles. The summed E-state index contributed by atoms with van der Waals surface area (Å²) in [6.07, 6.45) is 1.67. The predicted molar refractivity (Wildman–Crippen MR) is 94.1 cm³/mol. The third kappa shape index (κ3) is 3.60. The second-order valence-electron chi connectivity index (χ2n) is 6.00.